The number of rotatable bonds is 3. The fraction of sp³-hybridized carbons (Fsp3) is 1.00. The molecule has 4 aliphatic rings. The van der Waals surface area contributed by atoms with Gasteiger partial charge in [0.15, 0.2) is 0 Å². The molecule has 0 aromatic rings. The van der Waals surface area contributed by atoms with E-state index in [1.54, 1.807) is 0 Å². The van der Waals surface area contributed by atoms with Crippen LogP contribution in [0.5, 0.6) is 0 Å². The third-order valence-corrected chi connectivity index (χ3v) is 5.34. The molecule has 0 radical (unpaired) electrons. The lowest BCUT2D eigenvalue weighted by molar-refractivity contribution is 0.00166. The van der Waals surface area contributed by atoms with Gasteiger partial charge in [0.25, 0.3) is 0 Å². The summed E-state index contributed by atoms with van der Waals surface area (Å²) >= 11 is 0. The van der Waals surface area contributed by atoms with Crippen molar-refractivity contribution in [3.63, 3.8) is 0 Å². The highest BCUT2D eigenvalue weighted by atomic mass is 15.2. The molecule has 3 heterocycles. The SMILES string of the molecule is NCC1(NC2CCCCC2)CN2CCC1CC2. The van der Waals surface area contributed by atoms with Gasteiger partial charge >= 0.3 is 0 Å². The van der Waals surface area contributed by atoms with Gasteiger partial charge in [-0.25, -0.2) is 0 Å². The summed E-state index contributed by atoms with van der Waals surface area (Å²) in [4.78, 5) is 2.61. The molecule has 98 valence electrons. The van der Waals surface area contributed by atoms with Gasteiger partial charge in [0.05, 0.1) is 0 Å². The van der Waals surface area contributed by atoms with Crippen molar-refractivity contribution in [1.82, 2.24) is 10.2 Å². The second kappa shape index (κ2) is 4.87. The number of fused-ring (bicyclic) bond motifs is 3. The maximum atomic E-state index is 6.15. The van der Waals surface area contributed by atoms with E-state index in [9.17, 15) is 0 Å². The van der Waals surface area contributed by atoms with Crippen LogP contribution in [0.4, 0.5) is 0 Å². The maximum absolute atomic E-state index is 6.15. The normalized spacial score (nSPS) is 42.9. The molecule has 1 aliphatic carbocycles. The van der Waals surface area contributed by atoms with Crippen LogP contribution < -0.4 is 11.1 Å². The van der Waals surface area contributed by atoms with Gasteiger partial charge in [-0.05, 0) is 44.7 Å². The predicted octanol–water partition coefficient (Wildman–Crippen LogP) is 1.33. The first-order valence-corrected chi connectivity index (χ1v) is 7.52. The monoisotopic (exact) mass is 237 g/mol. The van der Waals surface area contributed by atoms with Crippen molar-refractivity contribution in [2.75, 3.05) is 26.2 Å². The summed E-state index contributed by atoms with van der Waals surface area (Å²) in [7, 11) is 0. The molecule has 3 nitrogen and oxygen atoms in total. The van der Waals surface area contributed by atoms with E-state index in [0.29, 0.717) is 0 Å². The van der Waals surface area contributed by atoms with Crippen LogP contribution in [0.1, 0.15) is 44.9 Å². The zero-order valence-corrected chi connectivity index (χ0v) is 11.0. The van der Waals surface area contributed by atoms with Crippen LogP contribution >= 0.6 is 0 Å². The molecule has 4 fully saturated rings. The smallest absolute Gasteiger partial charge is 0.0464 e. The Hall–Kier alpha value is -0.120. The van der Waals surface area contributed by atoms with Gasteiger partial charge in [0, 0.05) is 24.7 Å². The second-order valence-corrected chi connectivity index (χ2v) is 6.39. The van der Waals surface area contributed by atoms with E-state index in [-0.39, 0.29) is 5.54 Å². The Morgan fingerprint density at radius 1 is 1.06 bits per heavy atom. The van der Waals surface area contributed by atoms with Crippen molar-refractivity contribution in [3.8, 4) is 0 Å². The molecule has 3 saturated heterocycles. The number of nitrogens with zero attached hydrogens (tertiary/aromatic N) is 1. The third kappa shape index (κ3) is 2.25. The molecule has 0 amide bonds. The van der Waals surface area contributed by atoms with Gasteiger partial charge in [0.1, 0.15) is 0 Å². The standard InChI is InChI=1S/C14H27N3/c15-10-14(16-13-4-2-1-3-5-13)11-17-8-6-12(14)7-9-17/h12-13,16H,1-11,15H2. The molecule has 1 unspecified atom stereocenters. The summed E-state index contributed by atoms with van der Waals surface area (Å²) in [5, 5.41) is 3.99. The van der Waals surface area contributed by atoms with Gasteiger partial charge in [-0.2, -0.15) is 0 Å². The number of piperidine rings is 3. The molecule has 3 aliphatic heterocycles. The highest BCUT2D eigenvalue weighted by Gasteiger charge is 2.46. The first-order valence-electron chi connectivity index (χ1n) is 7.52. The Morgan fingerprint density at radius 3 is 2.29 bits per heavy atom. The van der Waals surface area contributed by atoms with Crippen LogP contribution in [0.2, 0.25) is 0 Å². The van der Waals surface area contributed by atoms with E-state index in [0.717, 1.165) is 18.5 Å². The number of nitrogens with two attached hydrogens (primary N) is 1. The van der Waals surface area contributed by atoms with Crippen molar-refractivity contribution in [1.29, 1.82) is 0 Å². The Morgan fingerprint density at radius 2 is 1.76 bits per heavy atom. The molecule has 1 atom stereocenters. The minimum atomic E-state index is 0.249. The average Bonchev–Trinajstić information content (AvgIpc) is 2.41. The van der Waals surface area contributed by atoms with E-state index >= 15 is 0 Å². The topological polar surface area (TPSA) is 41.3 Å². The lowest BCUT2D eigenvalue weighted by Crippen LogP contribution is -2.70. The zero-order chi connectivity index (χ0) is 11.7. The second-order valence-electron chi connectivity index (χ2n) is 6.39. The Bertz CT molecular complexity index is 254. The van der Waals surface area contributed by atoms with Crippen LogP contribution in [0, 0.1) is 5.92 Å². The first kappa shape index (κ1) is 11.9. The largest absolute Gasteiger partial charge is 0.329 e. The highest BCUT2D eigenvalue weighted by molar-refractivity contribution is 5.06. The fourth-order valence-corrected chi connectivity index (χ4v) is 4.28. The molecule has 4 rings (SSSR count). The summed E-state index contributed by atoms with van der Waals surface area (Å²) in [5.74, 6) is 0.833. The molecule has 17 heavy (non-hydrogen) atoms. The average molecular weight is 237 g/mol. The van der Waals surface area contributed by atoms with Gasteiger partial charge in [-0.1, -0.05) is 19.3 Å². The van der Waals surface area contributed by atoms with E-state index in [1.807, 2.05) is 0 Å². The summed E-state index contributed by atoms with van der Waals surface area (Å²) in [6, 6.07) is 0.743. The lowest BCUT2D eigenvalue weighted by Gasteiger charge is -2.55. The number of nitrogens with one attached hydrogen (secondary N) is 1. The maximum Gasteiger partial charge on any atom is 0.0464 e. The van der Waals surface area contributed by atoms with Crippen molar-refractivity contribution >= 4 is 0 Å². The number of hydrogen-bond acceptors (Lipinski definition) is 3. The van der Waals surface area contributed by atoms with Crippen LogP contribution in [-0.2, 0) is 0 Å². The molecule has 3 heteroatoms. The minimum absolute atomic E-state index is 0.249. The Kier molecular flexibility index (Phi) is 3.42. The fourth-order valence-electron chi connectivity index (χ4n) is 4.28. The molecular weight excluding hydrogens is 210 g/mol. The van der Waals surface area contributed by atoms with Crippen molar-refractivity contribution in [2.45, 2.75) is 56.5 Å². The molecule has 0 aromatic heterocycles. The Labute approximate surface area is 105 Å². The summed E-state index contributed by atoms with van der Waals surface area (Å²) in [6.07, 6.45) is 9.71. The van der Waals surface area contributed by atoms with Crippen LogP contribution in [0.15, 0.2) is 0 Å². The van der Waals surface area contributed by atoms with Crippen molar-refractivity contribution in [2.24, 2.45) is 11.7 Å². The molecule has 0 spiro atoms. The zero-order valence-electron chi connectivity index (χ0n) is 11.0. The predicted molar refractivity (Wildman–Crippen MR) is 71.0 cm³/mol. The van der Waals surface area contributed by atoms with Crippen LogP contribution in [0.25, 0.3) is 0 Å². The van der Waals surface area contributed by atoms with Gasteiger partial charge in [-0.3, -0.25) is 0 Å². The Balaban J connectivity index is 1.68. The molecular formula is C14H27N3. The summed E-state index contributed by atoms with van der Waals surface area (Å²) in [6.45, 7) is 4.63. The van der Waals surface area contributed by atoms with Gasteiger partial charge < -0.3 is 16.0 Å². The van der Waals surface area contributed by atoms with E-state index < -0.39 is 0 Å². The molecule has 3 N–H and O–H groups in total. The van der Waals surface area contributed by atoms with Gasteiger partial charge in [-0.15, -0.1) is 0 Å². The van der Waals surface area contributed by atoms with Gasteiger partial charge in [0.2, 0.25) is 0 Å². The quantitative estimate of drug-likeness (QED) is 0.778. The third-order valence-electron chi connectivity index (χ3n) is 5.34. The number of hydrogen-bond donors (Lipinski definition) is 2. The van der Waals surface area contributed by atoms with Crippen LogP contribution in [0.3, 0.4) is 0 Å². The molecule has 0 aromatic carbocycles. The summed E-state index contributed by atoms with van der Waals surface area (Å²) in [5.41, 5.74) is 6.40. The lowest BCUT2D eigenvalue weighted by atomic mass is 9.72. The highest BCUT2D eigenvalue weighted by Crippen LogP contribution is 2.36. The molecule has 2 bridgehead atoms. The van der Waals surface area contributed by atoms with E-state index in [1.165, 1.54) is 64.6 Å². The minimum Gasteiger partial charge on any atom is -0.329 e. The van der Waals surface area contributed by atoms with Crippen molar-refractivity contribution < 1.29 is 0 Å². The van der Waals surface area contributed by atoms with E-state index in [2.05, 4.69) is 10.2 Å². The van der Waals surface area contributed by atoms with Crippen LogP contribution in [-0.4, -0.2) is 42.7 Å². The van der Waals surface area contributed by atoms with E-state index in [4.69, 9.17) is 5.73 Å². The molecule has 1 saturated carbocycles. The first-order chi connectivity index (χ1) is 8.32. The summed E-state index contributed by atoms with van der Waals surface area (Å²) < 4.78 is 0. The van der Waals surface area contributed by atoms with Crippen molar-refractivity contribution in [3.05, 3.63) is 0 Å².